The summed E-state index contributed by atoms with van der Waals surface area (Å²) in [5.74, 6) is -0.136. The fourth-order valence-corrected chi connectivity index (χ4v) is 5.26. The van der Waals surface area contributed by atoms with E-state index in [1.54, 1.807) is 12.1 Å². The normalized spacial score (nSPS) is 16.6. The van der Waals surface area contributed by atoms with E-state index in [9.17, 15) is 18.0 Å². The molecule has 1 aliphatic rings. The molecule has 0 fully saturated rings. The van der Waals surface area contributed by atoms with Crippen LogP contribution in [0.1, 0.15) is 46.1 Å². The van der Waals surface area contributed by atoms with Gasteiger partial charge in [-0.25, -0.2) is 8.42 Å². The number of hydrogen-bond acceptors (Lipinski definition) is 5. The van der Waals surface area contributed by atoms with Gasteiger partial charge in [0.05, 0.1) is 11.3 Å². The Balaban J connectivity index is 1.93. The van der Waals surface area contributed by atoms with Crippen LogP contribution in [0.3, 0.4) is 0 Å². The van der Waals surface area contributed by atoms with Crippen molar-refractivity contribution >= 4 is 37.9 Å². The van der Waals surface area contributed by atoms with Crippen molar-refractivity contribution in [2.45, 2.75) is 32.6 Å². The topological polar surface area (TPSA) is 80.3 Å². The predicted molar refractivity (Wildman–Crippen MR) is 108 cm³/mol. The fraction of sp³-hybridized carbons (Fsp3) is 0.400. The average molecular weight is 406 g/mol. The number of fused-ring (bicyclic) bond motifs is 1. The van der Waals surface area contributed by atoms with Gasteiger partial charge in [0.2, 0.25) is 5.91 Å². The van der Waals surface area contributed by atoms with Gasteiger partial charge in [0.1, 0.15) is 14.8 Å². The number of rotatable bonds is 6. The Morgan fingerprint density at radius 3 is 2.59 bits per heavy atom. The predicted octanol–water partition coefficient (Wildman–Crippen LogP) is 3.48. The van der Waals surface area contributed by atoms with Gasteiger partial charge >= 0.3 is 0 Å². The Labute approximate surface area is 163 Å². The highest BCUT2D eigenvalue weighted by Gasteiger charge is 2.28. The molecule has 1 amide bonds. The molecule has 144 valence electrons. The van der Waals surface area contributed by atoms with Crippen molar-refractivity contribution in [2.24, 2.45) is 5.92 Å². The molecule has 1 atom stereocenters. The zero-order chi connectivity index (χ0) is 19.6. The number of anilines is 1. The highest BCUT2D eigenvalue weighted by atomic mass is 32.2. The van der Waals surface area contributed by atoms with Crippen LogP contribution >= 0.6 is 11.3 Å². The minimum Gasteiger partial charge on any atom is -0.317 e. The van der Waals surface area contributed by atoms with E-state index in [4.69, 9.17) is 0 Å². The molecule has 1 aliphatic carbocycles. The first-order valence-electron chi connectivity index (χ1n) is 8.96. The summed E-state index contributed by atoms with van der Waals surface area (Å²) in [6.07, 6.45) is 3.72. The highest BCUT2D eigenvalue weighted by molar-refractivity contribution is 7.90. The van der Waals surface area contributed by atoms with Gasteiger partial charge in [-0.2, -0.15) is 0 Å². The molecule has 0 bridgehead atoms. The molecule has 27 heavy (non-hydrogen) atoms. The first-order valence-corrected chi connectivity index (χ1v) is 11.8. The molecule has 1 unspecified atom stereocenters. The van der Waals surface area contributed by atoms with Gasteiger partial charge in [0.25, 0.3) is 0 Å². The Hall–Kier alpha value is -1.99. The first kappa shape index (κ1) is 19.8. The Morgan fingerprint density at radius 2 is 1.93 bits per heavy atom. The smallest absolute Gasteiger partial charge is 0.226 e. The summed E-state index contributed by atoms with van der Waals surface area (Å²) in [7, 11) is -3.21. The number of nitrogens with one attached hydrogen (secondary N) is 1. The molecule has 0 radical (unpaired) electrons. The molecular formula is C20H23NO4S2. The molecule has 7 heteroatoms. The molecule has 2 aromatic rings. The fourth-order valence-electron chi connectivity index (χ4n) is 3.28. The van der Waals surface area contributed by atoms with Crippen molar-refractivity contribution in [1.29, 1.82) is 0 Å². The summed E-state index contributed by atoms with van der Waals surface area (Å²) in [6, 6.07) is 9.03. The van der Waals surface area contributed by atoms with E-state index in [1.807, 2.05) is 18.2 Å². The van der Waals surface area contributed by atoms with E-state index < -0.39 is 9.84 Å². The summed E-state index contributed by atoms with van der Waals surface area (Å²) < 4.78 is 22.6. The van der Waals surface area contributed by atoms with Crippen LogP contribution in [0.25, 0.3) is 0 Å². The van der Waals surface area contributed by atoms with E-state index in [-0.39, 0.29) is 23.9 Å². The van der Waals surface area contributed by atoms with Crippen molar-refractivity contribution < 1.29 is 18.0 Å². The molecule has 5 nitrogen and oxygen atoms in total. The number of benzene rings is 1. The second-order valence-corrected chi connectivity index (χ2v) is 10.5. The molecule has 0 spiro atoms. The Morgan fingerprint density at radius 1 is 1.22 bits per heavy atom. The molecule has 0 aliphatic heterocycles. The third-order valence-electron chi connectivity index (χ3n) is 4.73. The van der Waals surface area contributed by atoms with Crippen LogP contribution in [0.15, 0.2) is 30.3 Å². The quantitative estimate of drug-likeness (QED) is 0.746. The summed E-state index contributed by atoms with van der Waals surface area (Å²) in [4.78, 5) is 26.6. The second kappa shape index (κ2) is 7.94. The number of thiophene rings is 1. The van der Waals surface area contributed by atoms with Crippen LogP contribution in [-0.2, 0) is 27.5 Å². The second-order valence-electron chi connectivity index (χ2n) is 7.18. The third kappa shape index (κ3) is 4.84. The van der Waals surface area contributed by atoms with Crippen molar-refractivity contribution in [1.82, 2.24) is 0 Å². The monoisotopic (exact) mass is 405 g/mol. The molecule has 1 N–H and O–H groups in total. The molecule has 0 saturated heterocycles. The van der Waals surface area contributed by atoms with E-state index >= 15 is 0 Å². The lowest BCUT2D eigenvalue weighted by Gasteiger charge is -2.18. The summed E-state index contributed by atoms with van der Waals surface area (Å²) in [5.41, 5.74) is 2.19. The van der Waals surface area contributed by atoms with Gasteiger partial charge in [-0.05, 0) is 30.7 Å². The van der Waals surface area contributed by atoms with Crippen LogP contribution in [0.4, 0.5) is 5.00 Å². The van der Waals surface area contributed by atoms with E-state index in [0.29, 0.717) is 22.0 Å². The van der Waals surface area contributed by atoms with E-state index in [0.717, 1.165) is 36.0 Å². The van der Waals surface area contributed by atoms with Crippen molar-refractivity contribution in [3.05, 3.63) is 51.9 Å². The minimum atomic E-state index is -3.21. The SMILES string of the molecule is CC1CCc2c(sc(NC(=O)CCS(C)(=O)=O)c2C(=O)c2ccccc2)C1. The number of ketones is 1. The van der Waals surface area contributed by atoms with Crippen LogP contribution in [-0.4, -0.2) is 32.1 Å². The first-order chi connectivity index (χ1) is 12.7. The number of carbonyl (C=O) groups excluding carboxylic acids is 2. The van der Waals surface area contributed by atoms with Crippen LogP contribution in [0.2, 0.25) is 0 Å². The van der Waals surface area contributed by atoms with Gasteiger partial charge in [0.15, 0.2) is 5.78 Å². The molecule has 3 rings (SSSR count). The van der Waals surface area contributed by atoms with Crippen LogP contribution in [0, 0.1) is 5.92 Å². The van der Waals surface area contributed by atoms with Crippen LogP contribution in [0.5, 0.6) is 0 Å². The minimum absolute atomic E-state index is 0.0962. The van der Waals surface area contributed by atoms with Crippen LogP contribution < -0.4 is 5.32 Å². The Kier molecular flexibility index (Phi) is 5.81. The number of hydrogen-bond donors (Lipinski definition) is 1. The zero-order valence-corrected chi connectivity index (χ0v) is 17.1. The summed E-state index contributed by atoms with van der Waals surface area (Å²) >= 11 is 1.45. The number of sulfone groups is 1. The van der Waals surface area contributed by atoms with Gasteiger partial charge in [-0.3, -0.25) is 9.59 Å². The lowest BCUT2D eigenvalue weighted by atomic mass is 9.86. The lowest BCUT2D eigenvalue weighted by molar-refractivity contribution is -0.115. The summed E-state index contributed by atoms with van der Waals surface area (Å²) in [6.45, 7) is 2.19. The maximum Gasteiger partial charge on any atom is 0.226 e. The maximum atomic E-state index is 13.1. The third-order valence-corrected chi connectivity index (χ3v) is 6.84. The molecule has 0 saturated carbocycles. The molecule has 1 heterocycles. The average Bonchev–Trinajstić information content (AvgIpc) is 2.96. The van der Waals surface area contributed by atoms with Crippen molar-refractivity contribution in [3.8, 4) is 0 Å². The summed E-state index contributed by atoms with van der Waals surface area (Å²) in [5, 5.41) is 3.34. The van der Waals surface area contributed by atoms with E-state index in [2.05, 4.69) is 12.2 Å². The largest absolute Gasteiger partial charge is 0.317 e. The van der Waals surface area contributed by atoms with Gasteiger partial charge in [0, 0.05) is 23.1 Å². The van der Waals surface area contributed by atoms with Crippen molar-refractivity contribution in [3.63, 3.8) is 0 Å². The number of amides is 1. The standard InChI is InChI=1S/C20H23NO4S2/c1-13-8-9-15-16(12-13)26-20(21-17(22)10-11-27(2,24)25)18(15)19(23)14-6-4-3-5-7-14/h3-7,13H,8-12H2,1-2H3,(H,21,22). The Bertz CT molecular complexity index is 961. The van der Waals surface area contributed by atoms with E-state index in [1.165, 1.54) is 11.3 Å². The highest BCUT2D eigenvalue weighted by Crippen LogP contribution is 2.40. The van der Waals surface area contributed by atoms with Gasteiger partial charge < -0.3 is 5.32 Å². The lowest BCUT2D eigenvalue weighted by Crippen LogP contribution is -2.18. The van der Waals surface area contributed by atoms with Gasteiger partial charge in [-0.15, -0.1) is 11.3 Å². The zero-order valence-electron chi connectivity index (χ0n) is 15.4. The molecule has 1 aromatic heterocycles. The molecule has 1 aromatic carbocycles. The maximum absolute atomic E-state index is 13.1. The van der Waals surface area contributed by atoms with Crippen molar-refractivity contribution in [2.75, 3.05) is 17.3 Å². The molecular weight excluding hydrogens is 382 g/mol. The van der Waals surface area contributed by atoms with Gasteiger partial charge in [-0.1, -0.05) is 37.3 Å². The number of carbonyl (C=O) groups is 2.